The molecular weight excluding hydrogens is 353 g/mol. The first-order chi connectivity index (χ1) is 12.5. The molecule has 1 heterocycles. The number of carbonyl (C=O) groups is 1. The summed E-state index contributed by atoms with van der Waals surface area (Å²) in [5.41, 5.74) is 2.45. The fraction of sp³-hybridized carbons (Fsp3) is 0.222. The Bertz CT molecular complexity index is 897. The lowest BCUT2D eigenvalue weighted by atomic mass is 10.2. The van der Waals surface area contributed by atoms with Gasteiger partial charge in [0.1, 0.15) is 5.82 Å². The summed E-state index contributed by atoms with van der Waals surface area (Å²) in [6.45, 7) is 2.22. The number of thioether (sulfide) groups is 1. The maximum absolute atomic E-state index is 13.7. The van der Waals surface area contributed by atoms with Gasteiger partial charge in [-0.25, -0.2) is 4.39 Å². The molecule has 26 heavy (non-hydrogen) atoms. The first-order valence-electron chi connectivity index (χ1n) is 8.00. The fourth-order valence-corrected chi connectivity index (χ4v) is 3.16. The van der Waals surface area contributed by atoms with Gasteiger partial charge in [-0.05, 0) is 35.5 Å². The van der Waals surface area contributed by atoms with E-state index in [9.17, 15) is 9.18 Å². The highest BCUT2D eigenvalue weighted by atomic mass is 32.2. The SMILES string of the molecule is Cc1ccc(-n2nnnc2SCC(=O)N(C)Cc2ccccc2F)cc1. The average molecular weight is 371 g/mol. The second-order valence-electron chi connectivity index (χ2n) is 5.84. The minimum atomic E-state index is -0.317. The topological polar surface area (TPSA) is 63.9 Å². The molecule has 1 aromatic heterocycles. The van der Waals surface area contributed by atoms with Gasteiger partial charge in [-0.3, -0.25) is 4.79 Å². The lowest BCUT2D eigenvalue weighted by Gasteiger charge is -2.17. The maximum Gasteiger partial charge on any atom is 0.233 e. The molecule has 0 atom stereocenters. The Kier molecular flexibility index (Phi) is 5.62. The predicted molar refractivity (Wildman–Crippen MR) is 97.5 cm³/mol. The molecule has 0 N–H and O–H groups in total. The summed E-state index contributed by atoms with van der Waals surface area (Å²) >= 11 is 1.25. The molecule has 0 saturated heterocycles. The van der Waals surface area contributed by atoms with Gasteiger partial charge in [0.2, 0.25) is 11.1 Å². The van der Waals surface area contributed by atoms with Crippen molar-refractivity contribution in [2.75, 3.05) is 12.8 Å². The molecule has 3 rings (SSSR count). The van der Waals surface area contributed by atoms with E-state index in [1.165, 1.54) is 22.7 Å². The zero-order chi connectivity index (χ0) is 18.5. The predicted octanol–water partition coefficient (Wildman–Crippen LogP) is 2.86. The summed E-state index contributed by atoms with van der Waals surface area (Å²) in [5, 5.41) is 12.2. The summed E-state index contributed by atoms with van der Waals surface area (Å²) in [4.78, 5) is 13.8. The Morgan fingerprint density at radius 1 is 1.19 bits per heavy atom. The molecule has 0 spiro atoms. The third kappa shape index (κ3) is 4.26. The molecule has 0 aliphatic carbocycles. The Balaban J connectivity index is 1.62. The van der Waals surface area contributed by atoms with Gasteiger partial charge in [0.15, 0.2) is 0 Å². The van der Waals surface area contributed by atoms with Gasteiger partial charge >= 0.3 is 0 Å². The number of tetrazole rings is 1. The van der Waals surface area contributed by atoms with Crippen molar-refractivity contribution >= 4 is 17.7 Å². The molecule has 0 radical (unpaired) electrons. The number of hydrogen-bond acceptors (Lipinski definition) is 5. The summed E-state index contributed by atoms with van der Waals surface area (Å²) in [5.74, 6) is -0.281. The normalized spacial score (nSPS) is 10.7. The number of rotatable bonds is 6. The van der Waals surface area contributed by atoms with Crippen LogP contribution >= 0.6 is 11.8 Å². The summed E-state index contributed by atoms with van der Waals surface area (Å²) in [7, 11) is 1.65. The third-order valence-electron chi connectivity index (χ3n) is 3.84. The molecule has 8 heteroatoms. The second kappa shape index (κ2) is 8.09. The third-order valence-corrected chi connectivity index (χ3v) is 4.74. The Morgan fingerprint density at radius 3 is 2.65 bits per heavy atom. The standard InChI is InChI=1S/C18H18FN5OS/c1-13-7-9-15(10-8-13)24-18(20-21-22-24)26-12-17(25)23(2)11-14-5-3-4-6-16(14)19/h3-10H,11-12H2,1-2H3. The summed E-state index contributed by atoms with van der Waals surface area (Å²) < 4.78 is 15.3. The quantitative estimate of drug-likeness (QED) is 0.624. The number of halogens is 1. The van der Waals surface area contributed by atoms with E-state index in [1.54, 1.807) is 29.9 Å². The number of hydrogen-bond donors (Lipinski definition) is 0. The van der Waals surface area contributed by atoms with E-state index in [2.05, 4.69) is 15.5 Å². The van der Waals surface area contributed by atoms with Crippen molar-refractivity contribution in [1.82, 2.24) is 25.1 Å². The van der Waals surface area contributed by atoms with Gasteiger partial charge in [0, 0.05) is 19.2 Å². The van der Waals surface area contributed by atoms with Crippen LogP contribution in [-0.4, -0.2) is 43.8 Å². The first kappa shape index (κ1) is 18.1. The van der Waals surface area contributed by atoms with Crippen LogP contribution < -0.4 is 0 Å². The van der Waals surface area contributed by atoms with Crippen molar-refractivity contribution < 1.29 is 9.18 Å². The van der Waals surface area contributed by atoms with Crippen LogP contribution in [0.3, 0.4) is 0 Å². The highest BCUT2D eigenvalue weighted by Crippen LogP contribution is 2.19. The van der Waals surface area contributed by atoms with Crippen LogP contribution in [-0.2, 0) is 11.3 Å². The highest BCUT2D eigenvalue weighted by molar-refractivity contribution is 7.99. The zero-order valence-electron chi connectivity index (χ0n) is 14.5. The van der Waals surface area contributed by atoms with E-state index in [0.717, 1.165) is 11.3 Å². The number of benzene rings is 2. The maximum atomic E-state index is 13.7. The number of aryl methyl sites for hydroxylation is 1. The molecule has 6 nitrogen and oxygen atoms in total. The fourth-order valence-electron chi connectivity index (χ4n) is 2.32. The van der Waals surface area contributed by atoms with Crippen LogP contribution in [0.2, 0.25) is 0 Å². The van der Waals surface area contributed by atoms with Crippen molar-refractivity contribution in [1.29, 1.82) is 0 Å². The van der Waals surface area contributed by atoms with E-state index in [-0.39, 0.29) is 24.0 Å². The Hall–Kier alpha value is -2.74. The second-order valence-corrected chi connectivity index (χ2v) is 6.78. The summed E-state index contributed by atoms with van der Waals surface area (Å²) in [6, 6.07) is 14.2. The van der Waals surface area contributed by atoms with Gasteiger partial charge < -0.3 is 4.90 Å². The molecule has 0 bridgehead atoms. The first-order valence-corrected chi connectivity index (χ1v) is 8.99. The van der Waals surface area contributed by atoms with Gasteiger partial charge in [-0.15, -0.1) is 5.10 Å². The van der Waals surface area contributed by atoms with Crippen LogP contribution in [0.15, 0.2) is 53.7 Å². The van der Waals surface area contributed by atoms with E-state index in [0.29, 0.717) is 10.7 Å². The van der Waals surface area contributed by atoms with Crippen LogP contribution in [0.25, 0.3) is 5.69 Å². The van der Waals surface area contributed by atoms with Crippen LogP contribution in [0, 0.1) is 12.7 Å². The van der Waals surface area contributed by atoms with E-state index < -0.39 is 0 Å². The number of amides is 1. The largest absolute Gasteiger partial charge is 0.341 e. The number of nitrogens with zero attached hydrogens (tertiary/aromatic N) is 5. The molecule has 0 unspecified atom stereocenters. The number of carbonyl (C=O) groups excluding carboxylic acids is 1. The van der Waals surface area contributed by atoms with Crippen molar-refractivity contribution in [2.24, 2.45) is 0 Å². The van der Waals surface area contributed by atoms with Crippen molar-refractivity contribution in [3.8, 4) is 5.69 Å². The molecule has 0 fully saturated rings. The van der Waals surface area contributed by atoms with Crippen molar-refractivity contribution in [3.05, 3.63) is 65.5 Å². The van der Waals surface area contributed by atoms with E-state index in [4.69, 9.17) is 0 Å². The lowest BCUT2D eigenvalue weighted by Crippen LogP contribution is -2.28. The number of aromatic nitrogens is 4. The van der Waals surface area contributed by atoms with Crippen LogP contribution in [0.1, 0.15) is 11.1 Å². The molecule has 3 aromatic rings. The molecule has 0 aliphatic heterocycles. The summed E-state index contributed by atoms with van der Waals surface area (Å²) in [6.07, 6.45) is 0. The highest BCUT2D eigenvalue weighted by Gasteiger charge is 2.15. The molecule has 134 valence electrons. The van der Waals surface area contributed by atoms with E-state index in [1.807, 2.05) is 31.2 Å². The van der Waals surface area contributed by atoms with Gasteiger partial charge in [0.05, 0.1) is 11.4 Å². The minimum absolute atomic E-state index is 0.128. The van der Waals surface area contributed by atoms with Gasteiger partial charge in [-0.2, -0.15) is 4.68 Å². The molecular formula is C18H18FN5OS. The molecule has 0 aliphatic rings. The smallest absolute Gasteiger partial charge is 0.233 e. The monoisotopic (exact) mass is 371 g/mol. The Labute approximate surface area is 155 Å². The van der Waals surface area contributed by atoms with Crippen molar-refractivity contribution in [2.45, 2.75) is 18.6 Å². The van der Waals surface area contributed by atoms with Crippen LogP contribution in [0.5, 0.6) is 0 Å². The Morgan fingerprint density at radius 2 is 1.92 bits per heavy atom. The molecule has 0 saturated carbocycles. The van der Waals surface area contributed by atoms with E-state index >= 15 is 0 Å². The van der Waals surface area contributed by atoms with Crippen LogP contribution in [0.4, 0.5) is 4.39 Å². The van der Waals surface area contributed by atoms with Gasteiger partial charge in [0.25, 0.3) is 0 Å². The molecule has 2 aromatic carbocycles. The molecule has 1 amide bonds. The van der Waals surface area contributed by atoms with Gasteiger partial charge in [-0.1, -0.05) is 47.7 Å². The van der Waals surface area contributed by atoms with Crippen molar-refractivity contribution in [3.63, 3.8) is 0 Å². The minimum Gasteiger partial charge on any atom is -0.341 e. The zero-order valence-corrected chi connectivity index (χ0v) is 15.3. The average Bonchev–Trinajstić information content (AvgIpc) is 3.10. The lowest BCUT2D eigenvalue weighted by molar-refractivity contribution is -0.127.